The van der Waals surface area contributed by atoms with Crippen molar-refractivity contribution in [2.45, 2.75) is 56.1 Å². The predicted octanol–water partition coefficient (Wildman–Crippen LogP) is 3.92. The van der Waals surface area contributed by atoms with Gasteiger partial charge < -0.3 is 14.8 Å². The molecule has 2 atom stereocenters. The van der Waals surface area contributed by atoms with Crippen LogP contribution in [0.15, 0.2) is 36.4 Å². The number of para-hydroxylation sites is 1. The van der Waals surface area contributed by atoms with Crippen molar-refractivity contribution in [2.75, 3.05) is 31.8 Å². The first kappa shape index (κ1) is 33.0. The quantitative estimate of drug-likeness (QED) is 0.320. The summed E-state index contributed by atoms with van der Waals surface area (Å²) in [5, 5.41) is 6.91. The second-order valence-corrected chi connectivity index (χ2v) is 14.5. The number of amides is 1. The molecule has 1 amide bonds. The number of hydrogen-bond donors (Lipinski definition) is 1. The van der Waals surface area contributed by atoms with Crippen molar-refractivity contribution in [1.29, 1.82) is 0 Å². The Bertz CT molecular complexity index is 1720. The molecule has 3 aromatic rings. The van der Waals surface area contributed by atoms with E-state index in [9.17, 15) is 22.8 Å². The van der Waals surface area contributed by atoms with Gasteiger partial charge in [-0.25, -0.2) is 12.8 Å². The highest BCUT2D eigenvalue weighted by molar-refractivity contribution is 7.91. The van der Waals surface area contributed by atoms with Crippen molar-refractivity contribution in [3.8, 4) is 0 Å². The number of esters is 1. The van der Waals surface area contributed by atoms with Crippen molar-refractivity contribution in [1.82, 2.24) is 14.7 Å². The molecular formula is C31H36ClFN4O7S. The second kappa shape index (κ2) is 13.5. The average Bonchev–Trinajstić information content (AvgIpc) is 3.64. The van der Waals surface area contributed by atoms with Gasteiger partial charge in [-0.15, -0.1) is 0 Å². The minimum atomic E-state index is -3.34. The lowest BCUT2D eigenvalue weighted by atomic mass is 9.87. The molecule has 1 unspecified atom stereocenters. The zero-order chi connectivity index (χ0) is 32.5. The van der Waals surface area contributed by atoms with Crippen LogP contribution in [0, 0.1) is 11.7 Å². The summed E-state index contributed by atoms with van der Waals surface area (Å²) in [6, 6.07) is 9.56. The summed E-state index contributed by atoms with van der Waals surface area (Å²) < 4.78 is 52.6. The van der Waals surface area contributed by atoms with E-state index in [2.05, 4.69) is 10.4 Å². The number of nitrogens with one attached hydrogen (secondary N) is 1. The van der Waals surface area contributed by atoms with Gasteiger partial charge in [0.15, 0.2) is 27.5 Å². The van der Waals surface area contributed by atoms with E-state index < -0.39 is 38.8 Å². The molecule has 0 spiro atoms. The Hall–Kier alpha value is -3.39. The molecule has 0 radical (unpaired) electrons. The van der Waals surface area contributed by atoms with Crippen LogP contribution >= 0.6 is 11.6 Å². The first-order valence-corrected chi connectivity index (χ1v) is 17.1. The number of ketones is 1. The number of Topliss-reactive ketones (excluding diaryl/α,β-unsaturated/α-hetero) is 1. The number of fused-ring (bicyclic) bond motifs is 1. The zero-order valence-electron chi connectivity index (χ0n) is 25.3. The van der Waals surface area contributed by atoms with Crippen molar-refractivity contribution < 1.29 is 36.7 Å². The molecule has 2 aliphatic rings. The lowest BCUT2D eigenvalue weighted by molar-refractivity contribution is -0.157. The smallest absolute Gasteiger partial charge is 0.308 e. The maximum absolute atomic E-state index is 15.4. The van der Waals surface area contributed by atoms with Gasteiger partial charge >= 0.3 is 5.97 Å². The molecule has 1 N–H and O–H groups in total. The van der Waals surface area contributed by atoms with Crippen molar-refractivity contribution in [3.63, 3.8) is 0 Å². The number of benzene rings is 2. The highest BCUT2D eigenvalue weighted by Crippen LogP contribution is 2.31. The Kier molecular flexibility index (Phi) is 9.92. The van der Waals surface area contributed by atoms with Gasteiger partial charge in [-0.3, -0.25) is 24.0 Å². The third kappa shape index (κ3) is 7.37. The van der Waals surface area contributed by atoms with Crippen LogP contribution in [0.3, 0.4) is 0 Å². The second-order valence-electron chi connectivity index (χ2n) is 11.7. The van der Waals surface area contributed by atoms with Gasteiger partial charge in [0.1, 0.15) is 5.82 Å². The number of carbonyl (C=O) groups excluding carboxylic acids is 3. The number of hydrogen-bond acceptors (Lipinski definition) is 9. The molecule has 2 fully saturated rings. The molecule has 1 saturated heterocycles. The summed E-state index contributed by atoms with van der Waals surface area (Å²) in [4.78, 5) is 40.4. The Morgan fingerprint density at radius 3 is 2.51 bits per heavy atom. The molecule has 0 bridgehead atoms. The molecule has 11 nitrogen and oxygen atoms in total. The SMILES string of the molecule is COC(=O)C1CCC(OC(C(=O)Cc2cc(Cl)c(NC(=O)c3nn(C)c4ccccc34)cc2F)N2CC[C@H](S(C)(=O)=O)C2)CC1. The van der Waals surface area contributed by atoms with Gasteiger partial charge in [0, 0.05) is 38.2 Å². The topological polar surface area (TPSA) is 137 Å². The van der Waals surface area contributed by atoms with E-state index in [-0.39, 0.29) is 52.9 Å². The van der Waals surface area contributed by atoms with Crippen LogP contribution in [0.1, 0.15) is 48.2 Å². The summed E-state index contributed by atoms with van der Waals surface area (Å²) >= 11 is 6.46. The Labute approximate surface area is 265 Å². The number of likely N-dealkylation sites (tertiary alicyclic amines) is 1. The van der Waals surface area contributed by atoms with Crippen LogP contribution in [-0.4, -0.2) is 84.8 Å². The number of methoxy groups -OCH3 is 1. The normalized spacial score (nSPS) is 21.5. The minimum absolute atomic E-state index is 0.00754. The summed E-state index contributed by atoms with van der Waals surface area (Å²) in [5.74, 6) is -2.29. The van der Waals surface area contributed by atoms with E-state index in [0.29, 0.717) is 44.0 Å². The van der Waals surface area contributed by atoms with Gasteiger partial charge in [0.2, 0.25) is 0 Å². The summed E-state index contributed by atoms with van der Waals surface area (Å²) in [5.41, 5.74) is 0.939. The number of carbonyl (C=O) groups is 3. The first-order valence-electron chi connectivity index (χ1n) is 14.8. The molecule has 1 saturated carbocycles. The molecule has 2 heterocycles. The fourth-order valence-electron chi connectivity index (χ4n) is 6.12. The fourth-order valence-corrected chi connectivity index (χ4v) is 7.35. The van der Waals surface area contributed by atoms with Crippen molar-refractivity contribution >= 4 is 55.7 Å². The van der Waals surface area contributed by atoms with E-state index in [1.807, 2.05) is 12.1 Å². The maximum atomic E-state index is 15.4. The van der Waals surface area contributed by atoms with Crippen LogP contribution < -0.4 is 5.32 Å². The maximum Gasteiger partial charge on any atom is 0.308 e. The zero-order valence-corrected chi connectivity index (χ0v) is 26.9. The van der Waals surface area contributed by atoms with E-state index in [1.54, 1.807) is 28.8 Å². The first-order chi connectivity index (χ1) is 21.3. The molecule has 1 aliphatic heterocycles. The molecule has 2 aromatic carbocycles. The number of aromatic nitrogens is 2. The standard InChI is InChI=1S/C31H36ClFN4O7S/c1-36-26-7-5-4-6-22(26)28(35-36)29(39)34-25-16-24(33)19(14-23(25)32)15-27(38)30(37-13-12-21(17-37)45(3,41)42)44-20-10-8-18(9-11-20)31(40)43-2/h4-7,14,16,18,20-21,30H,8-13,15,17H2,1-3H3,(H,34,39)/t18?,20?,21-,30?/m0/s1. The number of aryl methyl sites for hydroxylation is 1. The largest absolute Gasteiger partial charge is 0.469 e. The van der Waals surface area contributed by atoms with Crippen LogP contribution in [0.2, 0.25) is 5.02 Å². The van der Waals surface area contributed by atoms with Crippen molar-refractivity contribution in [2.24, 2.45) is 13.0 Å². The molecule has 1 aromatic heterocycles. The van der Waals surface area contributed by atoms with Crippen molar-refractivity contribution in [3.05, 3.63) is 58.5 Å². The molecular weight excluding hydrogens is 627 g/mol. The van der Waals surface area contributed by atoms with E-state index >= 15 is 4.39 Å². The van der Waals surface area contributed by atoms with Crippen LogP contribution in [-0.2, 0) is 42.4 Å². The van der Waals surface area contributed by atoms with Gasteiger partial charge in [-0.1, -0.05) is 29.8 Å². The molecule has 242 valence electrons. The minimum Gasteiger partial charge on any atom is -0.469 e. The number of halogens is 2. The number of ether oxygens (including phenoxy) is 2. The van der Waals surface area contributed by atoms with Gasteiger partial charge in [-0.05, 0) is 55.9 Å². The highest BCUT2D eigenvalue weighted by Gasteiger charge is 2.39. The van der Waals surface area contributed by atoms with Gasteiger partial charge in [0.25, 0.3) is 5.91 Å². The molecule has 45 heavy (non-hydrogen) atoms. The Balaban J connectivity index is 1.31. The van der Waals surface area contributed by atoms with Gasteiger partial charge in [0.05, 0.1) is 40.6 Å². The van der Waals surface area contributed by atoms with E-state index in [1.165, 1.54) is 19.4 Å². The molecule has 1 aliphatic carbocycles. The third-order valence-corrected chi connectivity index (χ3v) is 10.5. The monoisotopic (exact) mass is 662 g/mol. The average molecular weight is 663 g/mol. The molecule has 14 heteroatoms. The lowest BCUT2D eigenvalue weighted by Crippen LogP contribution is -2.46. The van der Waals surface area contributed by atoms with Gasteiger partial charge in [-0.2, -0.15) is 5.10 Å². The third-order valence-electron chi connectivity index (χ3n) is 8.64. The number of sulfone groups is 1. The fraction of sp³-hybridized carbons (Fsp3) is 0.484. The van der Waals surface area contributed by atoms with Crippen LogP contribution in [0.25, 0.3) is 10.9 Å². The summed E-state index contributed by atoms with van der Waals surface area (Å²) in [6.45, 7) is 0.436. The number of nitrogens with zero attached hydrogens (tertiary/aromatic N) is 3. The van der Waals surface area contributed by atoms with Crippen LogP contribution in [0.5, 0.6) is 0 Å². The summed E-state index contributed by atoms with van der Waals surface area (Å²) in [7, 11) is -0.282. The van der Waals surface area contributed by atoms with E-state index in [0.717, 1.165) is 11.6 Å². The molecule has 5 rings (SSSR count). The Morgan fingerprint density at radius 1 is 1.13 bits per heavy atom. The summed E-state index contributed by atoms with van der Waals surface area (Å²) in [6.07, 6.45) is 1.82. The lowest BCUT2D eigenvalue weighted by Gasteiger charge is -2.33. The number of rotatable bonds is 10. The number of anilines is 1. The van der Waals surface area contributed by atoms with Crippen LogP contribution in [0.4, 0.5) is 10.1 Å². The Morgan fingerprint density at radius 2 is 1.84 bits per heavy atom. The predicted molar refractivity (Wildman–Crippen MR) is 166 cm³/mol. The van der Waals surface area contributed by atoms with E-state index in [4.69, 9.17) is 21.1 Å². The highest BCUT2D eigenvalue weighted by atomic mass is 35.5.